The maximum absolute atomic E-state index is 5.12. The van der Waals surface area contributed by atoms with Gasteiger partial charge in [0.2, 0.25) is 0 Å². The highest BCUT2D eigenvalue weighted by Crippen LogP contribution is 2.44. The van der Waals surface area contributed by atoms with E-state index in [2.05, 4.69) is 98.4 Å². The van der Waals surface area contributed by atoms with Crippen LogP contribution in [0.2, 0.25) is 0 Å². The fraction of sp³-hybridized carbons (Fsp3) is 0.643. The second kappa shape index (κ2) is 22.2. The zero-order valence-electron chi connectivity index (χ0n) is 29.0. The highest BCUT2D eigenvalue weighted by atomic mass is 15.1. The predicted octanol–water partition coefficient (Wildman–Crippen LogP) is 13.0. The predicted molar refractivity (Wildman–Crippen MR) is 193 cm³/mol. The van der Waals surface area contributed by atoms with Crippen LogP contribution in [0.15, 0.2) is 73.1 Å². The summed E-state index contributed by atoms with van der Waals surface area (Å²) < 4.78 is 2.52. The highest BCUT2D eigenvalue weighted by Gasteiger charge is 2.39. The fourth-order valence-corrected chi connectivity index (χ4v) is 7.25. The molecule has 3 aromatic rings. The standard InChI is InChI=1S/C42H66N2/c1-4-6-8-10-12-13-14-15-16-17-18-20-28-35-44-36-34-43-41(44)40(33-27-19-11-9-7-5-2)42(3,39-31-25-22-26-32-39)37-38-29-23-21-24-30-38/h21-26,29-32,34,36,40H,4-20,27-28,33,35,37H2,1-3H3. The Labute approximate surface area is 272 Å². The van der Waals surface area contributed by atoms with Gasteiger partial charge in [-0.05, 0) is 30.4 Å². The van der Waals surface area contributed by atoms with Crippen LogP contribution in [-0.4, -0.2) is 9.55 Å². The fourth-order valence-electron chi connectivity index (χ4n) is 7.25. The van der Waals surface area contributed by atoms with Crippen molar-refractivity contribution in [3.05, 3.63) is 90.0 Å². The van der Waals surface area contributed by atoms with Gasteiger partial charge in [0.25, 0.3) is 0 Å². The van der Waals surface area contributed by atoms with Crippen LogP contribution in [0.25, 0.3) is 0 Å². The van der Waals surface area contributed by atoms with Gasteiger partial charge in [-0.25, -0.2) is 4.98 Å². The molecule has 1 aromatic heterocycles. The summed E-state index contributed by atoms with van der Waals surface area (Å²) in [6, 6.07) is 22.5. The molecule has 2 unspecified atom stereocenters. The van der Waals surface area contributed by atoms with Crippen LogP contribution in [0.1, 0.15) is 172 Å². The molecule has 0 N–H and O–H groups in total. The van der Waals surface area contributed by atoms with Crippen LogP contribution in [0.3, 0.4) is 0 Å². The van der Waals surface area contributed by atoms with Crippen molar-refractivity contribution in [2.75, 3.05) is 0 Å². The second-order valence-corrected chi connectivity index (χ2v) is 13.8. The summed E-state index contributed by atoms with van der Waals surface area (Å²) in [7, 11) is 0. The van der Waals surface area contributed by atoms with Gasteiger partial charge in [-0.15, -0.1) is 0 Å². The summed E-state index contributed by atoms with van der Waals surface area (Å²) in [6.45, 7) is 8.22. The van der Waals surface area contributed by atoms with E-state index >= 15 is 0 Å². The summed E-state index contributed by atoms with van der Waals surface area (Å²) in [6.07, 6.45) is 32.7. The molecular weight excluding hydrogens is 532 g/mol. The number of aryl methyl sites for hydroxylation is 1. The van der Waals surface area contributed by atoms with E-state index in [0.717, 1.165) is 13.0 Å². The lowest BCUT2D eigenvalue weighted by molar-refractivity contribution is 0.321. The van der Waals surface area contributed by atoms with E-state index in [1.165, 1.54) is 145 Å². The molecule has 0 radical (unpaired) electrons. The maximum atomic E-state index is 5.12. The third-order valence-electron chi connectivity index (χ3n) is 10.0. The van der Waals surface area contributed by atoms with E-state index in [4.69, 9.17) is 4.98 Å². The number of unbranched alkanes of at least 4 members (excludes halogenated alkanes) is 17. The summed E-state index contributed by atoms with van der Waals surface area (Å²) in [5, 5.41) is 0. The van der Waals surface area contributed by atoms with Gasteiger partial charge in [-0.2, -0.15) is 0 Å². The van der Waals surface area contributed by atoms with Crippen LogP contribution < -0.4 is 0 Å². The quantitative estimate of drug-likeness (QED) is 0.0840. The number of nitrogens with zero attached hydrogens (tertiary/aromatic N) is 2. The Bertz CT molecular complexity index is 1070. The van der Waals surface area contributed by atoms with Crippen LogP contribution in [0, 0.1) is 0 Å². The Kier molecular flexibility index (Phi) is 18.2. The van der Waals surface area contributed by atoms with E-state index < -0.39 is 0 Å². The van der Waals surface area contributed by atoms with Crippen LogP contribution in [0.5, 0.6) is 0 Å². The number of benzene rings is 2. The lowest BCUT2D eigenvalue weighted by Gasteiger charge is -2.39. The average Bonchev–Trinajstić information content (AvgIpc) is 3.51. The molecule has 0 aliphatic carbocycles. The van der Waals surface area contributed by atoms with Gasteiger partial charge in [-0.3, -0.25) is 0 Å². The third-order valence-corrected chi connectivity index (χ3v) is 10.0. The zero-order valence-corrected chi connectivity index (χ0v) is 29.0. The Morgan fingerprint density at radius 1 is 0.591 bits per heavy atom. The van der Waals surface area contributed by atoms with Crippen molar-refractivity contribution in [1.82, 2.24) is 9.55 Å². The number of hydrogen-bond acceptors (Lipinski definition) is 1. The second-order valence-electron chi connectivity index (χ2n) is 13.8. The largest absolute Gasteiger partial charge is 0.335 e. The minimum absolute atomic E-state index is 0.0227. The first-order valence-electron chi connectivity index (χ1n) is 18.8. The summed E-state index contributed by atoms with van der Waals surface area (Å²) in [4.78, 5) is 5.12. The van der Waals surface area contributed by atoms with Gasteiger partial charge in [0.05, 0.1) is 0 Å². The van der Waals surface area contributed by atoms with E-state index in [9.17, 15) is 0 Å². The van der Waals surface area contributed by atoms with E-state index in [1.807, 2.05) is 0 Å². The van der Waals surface area contributed by atoms with Crippen molar-refractivity contribution in [2.45, 2.75) is 173 Å². The third kappa shape index (κ3) is 12.9. The highest BCUT2D eigenvalue weighted by molar-refractivity contribution is 5.33. The molecule has 0 bridgehead atoms. The average molecular weight is 599 g/mol. The molecule has 0 aliphatic rings. The number of aromatic nitrogens is 2. The molecular formula is C42H66N2. The van der Waals surface area contributed by atoms with Gasteiger partial charge >= 0.3 is 0 Å². The van der Waals surface area contributed by atoms with Crippen molar-refractivity contribution in [3.63, 3.8) is 0 Å². The van der Waals surface area contributed by atoms with Crippen molar-refractivity contribution < 1.29 is 0 Å². The van der Waals surface area contributed by atoms with Crippen molar-refractivity contribution in [1.29, 1.82) is 0 Å². The van der Waals surface area contributed by atoms with E-state index in [-0.39, 0.29) is 5.41 Å². The van der Waals surface area contributed by atoms with Crippen LogP contribution in [0.4, 0.5) is 0 Å². The molecule has 0 saturated heterocycles. The lowest BCUT2D eigenvalue weighted by Crippen LogP contribution is -2.35. The molecule has 2 atom stereocenters. The number of rotatable bonds is 26. The van der Waals surface area contributed by atoms with Crippen molar-refractivity contribution >= 4 is 0 Å². The molecule has 44 heavy (non-hydrogen) atoms. The first-order valence-corrected chi connectivity index (χ1v) is 18.8. The lowest BCUT2D eigenvalue weighted by atomic mass is 9.66. The molecule has 0 fully saturated rings. The monoisotopic (exact) mass is 599 g/mol. The van der Waals surface area contributed by atoms with Gasteiger partial charge in [0.1, 0.15) is 5.82 Å². The number of hydrogen-bond donors (Lipinski definition) is 0. The molecule has 0 amide bonds. The first-order chi connectivity index (χ1) is 21.7. The number of imidazole rings is 1. The molecule has 1 heterocycles. The maximum Gasteiger partial charge on any atom is 0.112 e. The van der Waals surface area contributed by atoms with Crippen LogP contribution in [-0.2, 0) is 18.4 Å². The van der Waals surface area contributed by atoms with E-state index in [0.29, 0.717) is 5.92 Å². The van der Waals surface area contributed by atoms with Gasteiger partial charge in [0.15, 0.2) is 0 Å². The van der Waals surface area contributed by atoms with Crippen molar-refractivity contribution in [2.24, 2.45) is 0 Å². The summed E-state index contributed by atoms with van der Waals surface area (Å²) >= 11 is 0. The molecule has 0 aliphatic heterocycles. The Balaban J connectivity index is 1.61. The minimum Gasteiger partial charge on any atom is -0.335 e. The molecule has 0 spiro atoms. The topological polar surface area (TPSA) is 17.8 Å². The Hall–Kier alpha value is -2.35. The molecule has 244 valence electrons. The first kappa shape index (κ1) is 36.1. The van der Waals surface area contributed by atoms with Gasteiger partial charge in [0, 0.05) is 30.3 Å². The molecule has 2 heteroatoms. The SMILES string of the molecule is CCCCCCCCCCCCCCCn1ccnc1C(CCCCCCCC)C(C)(Cc1ccccc1)c1ccccc1. The normalized spacial score (nSPS) is 13.6. The minimum atomic E-state index is -0.0227. The summed E-state index contributed by atoms with van der Waals surface area (Å²) in [5.74, 6) is 1.69. The Morgan fingerprint density at radius 2 is 1.07 bits per heavy atom. The van der Waals surface area contributed by atoms with Crippen LogP contribution >= 0.6 is 0 Å². The van der Waals surface area contributed by atoms with Crippen molar-refractivity contribution in [3.8, 4) is 0 Å². The molecule has 0 saturated carbocycles. The molecule has 2 aromatic carbocycles. The van der Waals surface area contributed by atoms with E-state index in [1.54, 1.807) is 0 Å². The summed E-state index contributed by atoms with van der Waals surface area (Å²) in [5.41, 5.74) is 2.84. The van der Waals surface area contributed by atoms with Gasteiger partial charge < -0.3 is 4.57 Å². The zero-order chi connectivity index (χ0) is 31.1. The van der Waals surface area contributed by atoms with Gasteiger partial charge in [-0.1, -0.05) is 197 Å². The smallest absolute Gasteiger partial charge is 0.112 e. The molecule has 3 rings (SSSR count). The Morgan fingerprint density at radius 3 is 1.61 bits per heavy atom. The molecule has 2 nitrogen and oxygen atoms in total.